The molecule has 0 spiro atoms. The molecule has 2 fully saturated rings. The number of carbonyl (C=O) groups excluding carboxylic acids is 1. The zero-order chi connectivity index (χ0) is 14.8. The van der Waals surface area contributed by atoms with Crippen molar-refractivity contribution < 1.29 is 13.6 Å². The van der Waals surface area contributed by atoms with Crippen LogP contribution >= 0.6 is 12.4 Å². The van der Waals surface area contributed by atoms with E-state index in [0.29, 0.717) is 30.0 Å². The normalized spacial score (nSPS) is 26.4. The van der Waals surface area contributed by atoms with E-state index in [1.807, 2.05) is 0 Å². The Balaban J connectivity index is 0.00000176. The number of rotatable bonds is 4. The van der Waals surface area contributed by atoms with Gasteiger partial charge in [-0.15, -0.1) is 12.4 Å². The summed E-state index contributed by atoms with van der Waals surface area (Å²) in [6.07, 6.45) is 5.02. The van der Waals surface area contributed by atoms with Crippen LogP contribution in [0.3, 0.4) is 0 Å². The summed E-state index contributed by atoms with van der Waals surface area (Å²) in [7, 11) is 0. The van der Waals surface area contributed by atoms with E-state index in [-0.39, 0.29) is 24.9 Å². The van der Waals surface area contributed by atoms with Crippen LogP contribution in [0.4, 0.5) is 8.78 Å². The number of halogens is 3. The number of hydrogen-bond donors (Lipinski definition) is 2. The van der Waals surface area contributed by atoms with Gasteiger partial charge in [-0.3, -0.25) is 4.79 Å². The Morgan fingerprint density at radius 1 is 1.23 bits per heavy atom. The molecule has 2 heterocycles. The number of piperidine rings is 1. The van der Waals surface area contributed by atoms with E-state index in [2.05, 4.69) is 10.6 Å². The fourth-order valence-corrected chi connectivity index (χ4v) is 3.53. The summed E-state index contributed by atoms with van der Waals surface area (Å²) < 4.78 is 26.3. The van der Waals surface area contributed by atoms with Crippen molar-refractivity contribution in [1.82, 2.24) is 10.6 Å². The highest BCUT2D eigenvalue weighted by molar-refractivity contribution is 5.85. The molecule has 0 radical (unpaired) electrons. The molecule has 0 saturated carbocycles. The molecule has 6 heteroatoms. The lowest BCUT2D eigenvalue weighted by Crippen LogP contribution is -2.39. The van der Waals surface area contributed by atoms with Crippen LogP contribution in [0.2, 0.25) is 0 Å². The third-order valence-corrected chi connectivity index (χ3v) is 4.54. The van der Waals surface area contributed by atoms with Gasteiger partial charge in [0.05, 0.1) is 0 Å². The Morgan fingerprint density at radius 2 is 1.91 bits per heavy atom. The number of benzene rings is 1. The SMILES string of the molecule is Cl.O=C(CC1CC2CCC(C1)N2)NCc1ccc(F)cc1F. The molecule has 1 aromatic carbocycles. The Kier molecular flexibility index (Phi) is 5.75. The van der Waals surface area contributed by atoms with Crippen molar-refractivity contribution in [3.05, 3.63) is 35.4 Å². The van der Waals surface area contributed by atoms with Crippen molar-refractivity contribution in [2.45, 2.75) is 50.7 Å². The molecule has 22 heavy (non-hydrogen) atoms. The second kappa shape index (κ2) is 7.38. The molecule has 2 unspecified atom stereocenters. The third kappa shape index (κ3) is 4.17. The molecule has 2 aliphatic heterocycles. The van der Waals surface area contributed by atoms with E-state index < -0.39 is 11.6 Å². The van der Waals surface area contributed by atoms with E-state index in [4.69, 9.17) is 0 Å². The first-order chi connectivity index (χ1) is 10.1. The maximum Gasteiger partial charge on any atom is 0.220 e. The molecule has 2 saturated heterocycles. The van der Waals surface area contributed by atoms with Crippen LogP contribution in [0, 0.1) is 17.6 Å². The highest BCUT2D eigenvalue weighted by Gasteiger charge is 2.34. The summed E-state index contributed by atoms with van der Waals surface area (Å²) in [5.41, 5.74) is 0.315. The monoisotopic (exact) mass is 330 g/mol. The van der Waals surface area contributed by atoms with Gasteiger partial charge in [0, 0.05) is 36.7 Å². The number of carbonyl (C=O) groups is 1. The van der Waals surface area contributed by atoms with Gasteiger partial charge in [0.25, 0.3) is 0 Å². The fraction of sp³-hybridized carbons (Fsp3) is 0.562. The lowest BCUT2D eigenvalue weighted by Gasteiger charge is -2.28. The summed E-state index contributed by atoms with van der Waals surface area (Å²) in [6.45, 7) is 0.114. The maximum atomic E-state index is 13.5. The van der Waals surface area contributed by atoms with E-state index in [1.165, 1.54) is 25.0 Å². The van der Waals surface area contributed by atoms with Gasteiger partial charge >= 0.3 is 0 Å². The quantitative estimate of drug-likeness (QED) is 0.891. The van der Waals surface area contributed by atoms with Gasteiger partial charge in [-0.2, -0.15) is 0 Å². The van der Waals surface area contributed by atoms with Gasteiger partial charge in [0.15, 0.2) is 0 Å². The van der Waals surface area contributed by atoms with E-state index >= 15 is 0 Å². The molecule has 1 aromatic rings. The molecule has 2 N–H and O–H groups in total. The largest absolute Gasteiger partial charge is 0.352 e. The lowest BCUT2D eigenvalue weighted by atomic mass is 9.89. The van der Waals surface area contributed by atoms with Crippen LogP contribution in [0.5, 0.6) is 0 Å². The summed E-state index contributed by atoms with van der Waals surface area (Å²) in [6, 6.07) is 4.55. The molecule has 0 aromatic heterocycles. The molecule has 3 rings (SSSR count). The fourth-order valence-electron chi connectivity index (χ4n) is 3.53. The van der Waals surface area contributed by atoms with Crippen molar-refractivity contribution in [3.63, 3.8) is 0 Å². The molecule has 3 nitrogen and oxygen atoms in total. The standard InChI is InChI=1S/C16H20F2N2O.ClH/c17-12-2-1-11(15(18)8-12)9-19-16(21)7-10-5-13-3-4-14(6-10)20-13;/h1-2,8,10,13-14,20H,3-7,9H2,(H,19,21);1H. The minimum atomic E-state index is -0.616. The van der Waals surface area contributed by atoms with Gasteiger partial charge in [-0.25, -0.2) is 8.78 Å². The molecule has 2 aliphatic rings. The van der Waals surface area contributed by atoms with Gasteiger partial charge < -0.3 is 10.6 Å². The first kappa shape index (κ1) is 17.2. The van der Waals surface area contributed by atoms with Gasteiger partial charge in [-0.05, 0) is 37.7 Å². The van der Waals surface area contributed by atoms with Crippen molar-refractivity contribution >= 4 is 18.3 Å². The average Bonchev–Trinajstić information content (AvgIpc) is 2.77. The van der Waals surface area contributed by atoms with Gasteiger partial charge in [0.2, 0.25) is 5.91 Å². The van der Waals surface area contributed by atoms with Gasteiger partial charge in [0.1, 0.15) is 11.6 Å². The molecule has 2 atom stereocenters. The van der Waals surface area contributed by atoms with E-state index in [9.17, 15) is 13.6 Å². The van der Waals surface area contributed by atoms with E-state index in [1.54, 1.807) is 0 Å². The van der Waals surface area contributed by atoms with Crippen molar-refractivity contribution in [2.24, 2.45) is 5.92 Å². The number of nitrogens with one attached hydrogen (secondary N) is 2. The Bertz CT molecular complexity index is 529. The number of hydrogen-bond acceptors (Lipinski definition) is 2. The predicted octanol–water partition coefficient (Wildman–Crippen LogP) is 2.92. The van der Waals surface area contributed by atoms with Crippen LogP contribution in [-0.2, 0) is 11.3 Å². The molecule has 2 bridgehead atoms. The summed E-state index contributed by atoms with van der Waals surface area (Å²) in [4.78, 5) is 12.0. The highest BCUT2D eigenvalue weighted by Crippen LogP contribution is 2.32. The van der Waals surface area contributed by atoms with Gasteiger partial charge in [-0.1, -0.05) is 6.07 Å². The van der Waals surface area contributed by atoms with Crippen LogP contribution < -0.4 is 10.6 Å². The van der Waals surface area contributed by atoms with Crippen LogP contribution in [0.1, 0.15) is 37.7 Å². The molecule has 0 aliphatic carbocycles. The first-order valence-corrected chi connectivity index (χ1v) is 7.57. The van der Waals surface area contributed by atoms with Crippen LogP contribution in [0.25, 0.3) is 0 Å². The van der Waals surface area contributed by atoms with Crippen molar-refractivity contribution in [1.29, 1.82) is 0 Å². The zero-order valence-corrected chi connectivity index (χ0v) is 13.1. The second-order valence-electron chi connectivity index (χ2n) is 6.19. The van der Waals surface area contributed by atoms with Crippen molar-refractivity contribution in [3.8, 4) is 0 Å². The number of amides is 1. The average molecular weight is 331 g/mol. The first-order valence-electron chi connectivity index (χ1n) is 7.57. The predicted molar refractivity (Wildman–Crippen MR) is 82.7 cm³/mol. The topological polar surface area (TPSA) is 41.1 Å². The molecular weight excluding hydrogens is 310 g/mol. The summed E-state index contributed by atoms with van der Waals surface area (Å²) >= 11 is 0. The smallest absolute Gasteiger partial charge is 0.220 e. The summed E-state index contributed by atoms with van der Waals surface area (Å²) in [5.74, 6) is -0.852. The Hall–Kier alpha value is -1.20. The molecular formula is C16H21ClF2N2O. The Labute approximate surface area is 135 Å². The third-order valence-electron chi connectivity index (χ3n) is 4.54. The maximum absolute atomic E-state index is 13.5. The minimum Gasteiger partial charge on any atom is -0.352 e. The van der Waals surface area contributed by atoms with Crippen molar-refractivity contribution in [2.75, 3.05) is 0 Å². The van der Waals surface area contributed by atoms with Crippen LogP contribution in [-0.4, -0.2) is 18.0 Å². The molecule has 1 amide bonds. The number of fused-ring (bicyclic) bond motifs is 2. The second-order valence-corrected chi connectivity index (χ2v) is 6.19. The highest BCUT2D eigenvalue weighted by atomic mass is 35.5. The Morgan fingerprint density at radius 3 is 2.55 bits per heavy atom. The molecule has 122 valence electrons. The summed E-state index contributed by atoms with van der Waals surface area (Å²) in [5, 5.41) is 6.28. The van der Waals surface area contributed by atoms with E-state index in [0.717, 1.165) is 18.9 Å². The minimum absolute atomic E-state index is 0. The van der Waals surface area contributed by atoms with Crippen LogP contribution in [0.15, 0.2) is 18.2 Å². The zero-order valence-electron chi connectivity index (χ0n) is 12.3. The lowest BCUT2D eigenvalue weighted by molar-refractivity contribution is -0.122.